The van der Waals surface area contributed by atoms with E-state index in [4.69, 9.17) is 10.2 Å². The molecule has 1 aliphatic heterocycles. The van der Waals surface area contributed by atoms with Crippen molar-refractivity contribution >= 4 is 10.4 Å². The zero-order chi connectivity index (χ0) is 12.5. The second-order valence-corrected chi connectivity index (χ2v) is 4.21. The van der Waals surface area contributed by atoms with Crippen molar-refractivity contribution in [1.29, 1.82) is 0 Å². The molecule has 0 aromatic rings. The maximum Gasteiger partial charge on any atom is 1.00 e. The second kappa shape index (κ2) is 7.19. The van der Waals surface area contributed by atoms with Crippen molar-refractivity contribution in [3.8, 4) is 0 Å². The zero-order valence-corrected chi connectivity index (χ0v) is 12.8. The minimum Gasteiger partial charge on any atom is -0.726 e. The molecule has 1 heterocycles. The Morgan fingerprint density at radius 1 is 1.24 bits per heavy atom. The first-order valence-corrected chi connectivity index (χ1v) is 5.54. The predicted molar refractivity (Wildman–Crippen MR) is 44.5 cm³/mol. The van der Waals surface area contributed by atoms with Crippen LogP contribution in [0.3, 0.4) is 0 Å². The monoisotopic (exact) mass is 298 g/mol. The van der Waals surface area contributed by atoms with Gasteiger partial charge in [0.15, 0.2) is 6.29 Å². The third kappa shape index (κ3) is 5.06. The number of aliphatic hydroxyl groups is 4. The maximum absolute atomic E-state index is 10.3. The normalized spacial score (nSPS) is 38.5. The van der Waals surface area contributed by atoms with E-state index in [1.54, 1.807) is 0 Å². The van der Waals surface area contributed by atoms with Gasteiger partial charge in [-0.3, -0.25) is 4.18 Å². The molecule has 9 nitrogen and oxygen atoms in total. The average Bonchev–Trinajstić information content (AvgIpc) is 2.17. The molecule has 0 aliphatic carbocycles. The van der Waals surface area contributed by atoms with Crippen LogP contribution in [-0.4, -0.2) is 70.7 Å². The molecule has 1 aliphatic rings. The number of rotatable bonds is 3. The average molecular weight is 298 g/mol. The van der Waals surface area contributed by atoms with Gasteiger partial charge < -0.3 is 29.7 Å². The molecule has 1 fully saturated rings. The van der Waals surface area contributed by atoms with Crippen molar-refractivity contribution in [3.05, 3.63) is 0 Å². The van der Waals surface area contributed by atoms with Crippen LogP contribution in [0.5, 0.6) is 0 Å². The summed E-state index contributed by atoms with van der Waals surface area (Å²) in [5.74, 6) is 0. The first kappa shape index (κ1) is 18.3. The fourth-order valence-electron chi connectivity index (χ4n) is 1.32. The van der Waals surface area contributed by atoms with E-state index in [-0.39, 0.29) is 51.4 Å². The van der Waals surface area contributed by atoms with Crippen molar-refractivity contribution in [2.24, 2.45) is 0 Å². The van der Waals surface area contributed by atoms with Gasteiger partial charge >= 0.3 is 51.4 Å². The van der Waals surface area contributed by atoms with Gasteiger partial charge in [-0.2, -0.15) is 0 Å². The number of aliphatic hydroxyl groups excluding tert-OH is 4. The van der Waals surface area contributed by atoms with E-state index < -0.39 is 47.7 Å². The molecule has 1 unspecified atom stereocenters. The molecule has 5 atom stereocenters. The second-order valence-electron chi connectivity index (χ2n) is 3.20. The third-order valence-electron chi connectivity index (χ3n) is 2.07. The molecule has 1 rings (SSSR count). The maximum atomic E-state index is 10.3. The minimum absolute atomic E-state index is 0. The Balaban J connectivity index is 0.00000256. The molecule has 0 spiro atoms. The molecule has 96 valence electrons. The standard InChI is InChI=1S/C6H12O9S.K/c7-1-2-3(8)5(15-16(11,12)13)4(9)6(10)14-2;/h2-10H,1H2,(H,11,12,13);/q;+1/p-1/t2-,3-,4-,5+,6?;/m1./s1. The van der Waals surface area contributed by atoms with Crippen molar-refractivity contribution in [3.63, 3.8) is 0 Å². The minimum atomic E-state index is -5.16. The van der Waals surface area contributed by atoms with E-state index in [1.807, 2.05) is 0 Å². The topological polar surface area (TPSA) is 157 Å². The van der Waals surface area contributed by atoms with Crippen LogP contribution in [0, 0.1) is 0 Å². The fourth-order valence-corrected chi connectivity index (χ4v) is 1.82. The molecule has 0 amide bonds. The van der Waals surface area contributed by atoms with Crippen LogP contribution >= 0.6 is 0 Å². The first-order valence-electron chi connectivity index (χ1n) is 4.21. The third-order valence-corrected chi connectivity index (χ3v) is 2.53. The molecule has 11 heteroatoms. The Hall–Kier alpha value is 1.31. The summed E-state index contributed by atoms with van der Waals surface area (Å²) >= 11 is 0. The largest absolute Gasteiger partial charge is 1.00 e. The van der Waals surface area contributed by atoms with Crippen LogP contribution in [0.1, 0.15) is 0 Å². The van der Waals surface area contributed by atoms with Crippen molar-refractivity contribution in [2.45, 2.75) is 30.7 Å². The van der Waals surface area contributed by atoms with Gasteiger partial charge in [-0.05, 0) is 0 Å². The first-order chi connectivity index (χ1) is 7.26. The summed E-state index contributed by atoms with van der Waals surface area (Å²) in [7, 11) is -5.16. The van der Waals surface area contributed by atoms with Gasteiger partial charge in [0.1, 0.15) is 24.4 Å². The molecule has 4 N–H and O–H groups in total. The Labute approximate surface area is 140 Å². The van der Waals surface area contributed by atoms with Crippen molar-refractivity contribution < 1.29 is 93.7 Å². The van der Waals surface area contributed by atoms with Gasteiger partial charge in [-0.1, -0.05) is 0 Å². The number of hydrogen-bond donors (Lipinski definition) is 4. The van der Waals surface area contributed by atoms with E-state index in [0.29, 0.717) is 0 Å². The van der Waals surface area contributed by atoms with Gasteiger partial charge in [-0.25, -0.2) is 8.42 Å². The van der Waals surface area contributed by atoms with E-state index in [1.165, 1.54) is 0 Å². The van der Waals surface area contributed by atoms with Crippen molar-refractivity contribution in [2.75, 3.05) is 6.61 Å². The van der Waals surface area contributed by atoms with Gasteiger partial charge in [0, 0.05) is 0 Å². The Bertz CT molecular complexity index is 332. The van der Waals surface area contributed by atoms with E-state index >= 15 is 0 Å². The summed E-state index contributed by atoms with van der Waals surface area (Å²) in [6.45, 7) is -0.746. The number of ether oxygens (including phenoxy) is 1. The Morgan fingerprint density at radius 3 is 2.18 bits per heavy atom. The van der Waals surface area contributed by atoms with Crippen LogP contribution in [-0.2, 0) is 19.3 Å². The van der Waals surface area contributed by atoms with Gasteiger partial charge in [-0.15, -0.1) is 0 Å². The molecular weight excluding hydrogens is 287 g/mol. The zero-order valence-electron chi connectivity index (χ0n) is 8.83. The summed E-state index contributed by atoms with van der Waals surface area (Å²) in [5, 5.41) is 36.4. The molecule has 0 aromatic heterocycles. The summed E-state index contributed by atoms with van der Waals surface area (Å²) in [5.41, 5.74) is 0. The SMILES string of the molecule is O=S(=O)([O-])O[C@H]1[C@H](O)[C@@H](CO)OC(O)[C@@H]1O.[K+]. The summed E-state index contributed by atoms with van der Waals surface area (Å²) in [6.07, 6.45) is -8.78. The van der Waals surface area contributed by atoms with E-state index in [9.17, 15) is 23.2 Å². The fraction of sp³-hybridized carbons (Fsp3) is 1.00. The Kier molecular flexibility index (Phi) is 7.74. The van der Waals surface area contributed by atoms with Gasteiger partial charge in [0.25, 0.3) is 0 Å². The molecule has 0 saturated carbocycles. The molecule has 1 saturated heterocycles. The van der Waals surface area contributed by atoms with Gasteiger partial charge in [0.2, 0.25) is 10.4 Å². The molecule has 0 aromatic carbocycles. The summed E-state index contributed by atoms with van der Waals surface area (Å²) in [4.78, 5) is 0. The quantitative estimate of drug-likeness (QED) is 0.226. The van der Waals surface area contributed by atoms with Crippen LogP contribution in [0.2, 0.25) is 0 Å². The van der Waals surface area contributed by atoms with E-state index in [2.05, 4.69) is 8.92 Å². The van der Waals surface area contributed by atoms with Crippen LogP contribution in [0.25, 0.3) is 0 Å². The van der Waals surface area contributed by atoms with Crippen LogP contribution < -0.4 is 51.4 Å². The van der Waals surface area contributed by atoms with Gasteiger partial charge in [0.05, 0.1) is 6.61 Å². The summed E-state index contributed by atoms with van der Waals surface area (Å²) in [6, 6.07) is 0. The molecule has 0 radical (unpaired) electrons. The number of hydrogen-bond acceptors (Lipinski definition) is 9. The van der Waals surface area contributed by atoms with Crippen LogP contribution in [0.15, 0.2) is 0 Å². The molecular formula is C6H11KO9S. The van der Waals surface area contributed by atoms with Crippen molar-refractivity contribution in [1.82, 2.24) is 0 Å². The summed E-state index contributed by atoms with van der Waals surface area (Å²) < 4.78 is 39.3. The smallest absolute Gasteiger partial charge is 0.726 e. The predicted octanol–water partition coefficient (Wildman–Crippen LogP) is -6.73. The molecule has 17 heavy (non-hydrogen) atoms. The molecule has 0 bridgehead atoms. The Morgan fingerprint density at radius 2 is 1.76 bits per heavy atom. The van der Waals surface area contributed by atoms with Crippen LogP contribution in [0.4, 0.5) is 0 Å². The van der Waals surface area contributed by atoms with E-state index in [0.717, 1.165) is 0 Å².